The highest BCUT2D eigenvalue weighted by atomic mass is 16.2. The number of amides is 2. The van der Waals surface area contributed by atoms with Gasteiger partial charge in [-0.05, 0) is 75.5 Å². The largest absolute Gasteiger partial charge is 0.383 e. The minimum atomic E-state index is -0.642. The Morgan fingerprint density at radius 3 is 2.26 bits per heavy atom. The summed E-state index contributed by atoms with van der Waals surface area (Å²) < 4.78 is 1.34. The van der Waals surface area contributed by atoms with Gasteiger partial charge in [-0.1, -0.05) is 20.3 Å². The van der Waals surface area contributed by atoms with Crippen molar-refractivity contribution in [2.24, 2.45) is 23.2 Å². The van der Waals surface area contributed by atoms with E-state index >= 15 is 0 Å². The van der Waals surface area contributed by atoms with Gasteiger partial charge in [0.1, 0.15) is 5.82 Å². The molecule has 4 aliphatic carbocycles. The first-order chi connectivity index (χ1) is 16.8. The zero-order chi connectivity index (χ0) is 25.2. The van der Waals surface area contributed by atoms with Crippen LogP contribution in [0.15, 0.2) is 9.59 Å². The van der Waals surface area contributed by atoms with Crippen LogP contribution in [0.4, 0.5) is 11.5 Å². The number of carbonyl (C=O) groups is 2. The molecule has 9 nitrogen and oxygen atoms in total. The van der Waals surface area contributed by atoms with Crippen molar-refractivity contribution in [1.29, 1.82) is 0 Å². The van der Waals surface area contributed by atoms with Crippen molar-refractivity contribution in [3.63, 3.8) is 0 Å². The number of hydrogen-bond acceptors (Lipinski definition) is 5. The highest BCUT2D eigenvalue weighted by molar-refractivity contribution is 5.95. The predicted molar refractivity (Wildman–Crippen MR) is 136 cm³/mol. The Kier molecular flexibility index (Phi) is 7.71. The summed E-state index contributed by atoms with van der Waals surface area (Å²) in [5.74, 6) is 2.09. The Bertz CT molecular complexity index is 1020. The number of aromatic amines is 1. The van der Waals surface area contributed by atoms with Gasteiger partial charge in [0.05, 0.1) is 0 Å². The van der Waals surface area contributed by atoms with Crippen molar-refractivity contribution in [3.8, 4) is 0 Å². The minimum Gasteiger partial charge on any atom is -0.383 e. The summed E-state index contributed by atoms with van der Waals surface area (Å²) in [6.45, 7) is 5.08. The summed E-state index contributed by atoms with van der Waals surface area (Å²) in [7, 11) is 0. The maximum atomic E-state index is 13.1. The lowest BCUT2D eigenvalue weighted by Crippen LogP contribution is -2.53. The first-order valence-electron chi connectivity index (χ1n) is 13.5. The number of nitrogens with one attached hydrogen (secondary N) is 2. The standard InChI is InChI=1S/C26H41N5O4/c1-3-5-10-31-22(27)21(23(33)29-25(31)35)30(9-4-2)20(32)7-6-8-28-24(34)26-14-17-11-18(15-26)13-19(12-17)16-26/h17-19H,3-16,27H2,1-2H3,(H,28,34)(H,29,33,35). The molecule has 194 valence electrons. The molecule has 4 saturated carbocycles. The molecule has 0 unspecified atom stereocenters. The Labute approximate surface area is 206 Å². The second kappa shape index (κ2) is 10.6. The van der Waals surface area contributed by atoms with Gasteiger partial charge in [0.2, 0.25) is 11.8 Å². The highest BCUT2D eigenvalue weighted by Crippen LogP contribution is 2.60. The average molecular weight is 488 g/mol. The van der Waals surface area contributed by atoms with Crippen LogP contribution in [0.2, 0.25) is 0 Å². The summed E-state index contributed by atoms with van der Waals surface area (Å²) >= 11 is 0. The molecule has 0 aromatic carbocycles. The molecule has 4 N–H and O–H groups in total. The first kappa shape index (κ1) is 25.5. The summed E-state index contributed by atoms with van der Waals surface area (Å²) in [4.78, 5) is 54.9. The second-order valence-corrected chi connectivity index (χ2v) is 11.1. The summed E-state index contributed by atoms with van der Waals surface area (Å²) in [5, 5.41) is 3.12. The number of nitrogen functional groups attached to an aromatic ring is 1. The molecule has 0 aliphatic heterocycles. The molecule has 2 amide bonds. The lowest BCUT2D eigenvalue weighted by molar-refractivity contribution is -0.146. The molecule has 1 aromatic rings. The first-order valence-corrected chi connectivity index (χ1v) is 13.5. The Morgan fingerprint density at radius 1 is 1.06 bits per heavy atom. The summed E-state index contributed by atoms with van der Waals surface area (Å²) in [6.07, 6.45) is 9.86. The van der Waals surface area contributed by atoms with E-state index in [1.165, 1.54) is 28.7 Å². The van der Waals surface area contributed by atoms with Crippen LogP contribution in [0.3, 0.4) is 0 Å². The van der Waals surface area contributed by atoms with E-state index < -0.39 is 11.2 Å². The smallest absolute Gasteiger partial charge is 0.330 e. The fourth-order valence-electron chi connectivity index (χ4n) is 7.11. The molecule has 0 saturated heterocycles. The third-order valence-electron chi connectivity index (χ3n) is 8.34. The van der Waals surface area contributed by atoms with E-state index in [1.807, 2.05) is 13.8 Å². The average Bonchev–Trinajstić information content (AvgIpc) is 2.79. The molecule has 1 heterocycles. The zero-order valence-electron chi connectivity index (χ0n) is 21.2. The van der Waals surface area contributed by atoms with E-state index in [2.05, 4.69) is 10.3 Å². The van der Waals surface area contributed by atoms with Crippen LogP contribution >= 0.6 is 0 Å². The summed E-state index contributed by atoms with van der Waals surface area (Å²) in [5.41, 5.74) is 4.88. The molecule has 4 aliphatic rings. The van der Waals surface area contributed by atoms with Crippen molar-refractivity contribution in [2.45, 2.75) is 91.0 Å². The molecule has 4 fully saturated rings. The molecule has 4 bridgehead atoms. The van der Waals surface area contributed by atoms with E-state index in [0.717, 1.165) is 32.1 Å². The number of unbranched alkanes of at least 4 members (excludes halogenated alkanes) is 1. The van der Waals surface area contributed by atoms with E-state index in [-0.39, 0.29) is 35.2 Å². The van der Waals surface area contributed by atoms with Crippen LogP contribution in [0.1, 0.15) is 84.5 Å². The predicted octanol–water partition coefficient (Wildman–Crippen LogP) is 2.77. The molecule has 35 heavy (non-hydrogen) atoms. The van der Waals surface area contributed by atoms with Crippen LogP contribution in [0.5, 0.6) is 0 Å². The number of rotatable bonds is 11. The van der Waals surface area contributed by atoms with Gasteiger partial charge in [0, 0.05) is 31.5 Å². The minimum absolute atomic E-state index is 0.0316. The van der Waals surface area contributed by atoms with Crippen molar-refractivity contribution in [2.75, 3.05) is 23.7 Å². The fraction of sp³-hybridized carbons (Fsp3) is 0.769. The third-order valence-corrected chi connectivity index (χ3v) is 8.34. The SMILES string of the molecule is CCCCn1c(N)c(N(CCC)C(=O)CCCNC(=O)C23CC4CC(CC(C4)C2)C3)c(=O)[nH]c1=O. The van der Waals surface area contributed by atoms with Gasteiger partial charge in [-0.25, -0.2) is 4.79 Å². The van der Waals surface area contributed by atoms with Gasteiger partial charge in [0.25, 0.3) is 5.56 Å². The van der Waals surface area contributed by atoms with Crippen LogP contribution < -0.4 is 27.2 Å². The van der Waals surface area contributed by atoms with Gasteiger partial charge in [0.15, 0.2) is 5.69 Å². The number of anilines is 2. The highest BCUT2D eigenvalue weighted by Gasteiger charge is 2.54. The zero-order valence-corrected chi connectivity index (χ0v) is 21.2. The lowest BCUT2D eigenvalue weighted by atomic mass is 9.49. The number of nitrogens with two attached hydrogens (primary N) is 1. The topological polar surface area (TPSA) is 130 Å². The van der Waals surface area contributed by atoms with Crippen LogP contribution in [0, 0.1) is 23.2 Å². The van der Waals surface area contributed by atoms with E-state index in [9.17, 15) is 19.2 Å². The fourth-order valence-corrected chi connectivity index (χ4v) is 7.11. The van der Waals surface area contributed by atoms with Crippen LogP contribution in [-0.4, -0.2) is 34.5 Å². The number of nitrogens with zero attached hydrogens (tertiary/aromatic N) is 2. The molecule has 0 atom stereocenters. The van der Waals surface area contributed by atoms with Crippen LogP contribution in [-0.2, 0) is 16.1 Å². The molecule has 9 heteroatoms. The monoisotopic (exact) mass is 487 g/mol. The van der Waals surface area contributed by atoms with Gasteiger partial charge >= 0.3 is 5.69 Å². The summed E-state index contributed by atoms with van der Waals surface area (Å²) in [6, 6.07) is 0. The quantitative estimate of drug-likeness (QED) is 0.413. The van der Waals surface area contributed by atoms with Crippen molar-refractivity contribution in [3.05, 3.63) is 20.8 Å². The van der Waals surface area contributed by atoms with Gasteiger partial charge in [-0.15, -0.1) is 0 Å². The second-order valence-electron chi connectivity index (χ2n) is 11.1. The lowest BCUT2D eigenvalue weighted by Gasteiger charge is -2.55. The van der Waals surface area contributed by atoms with E-state index in [4.69, 9.17) is 5.73 Å². The molecule has 0 radical (unpaired) electrons. The van der Waals surface area contributed by atoms with Gasteiger partial charge in [-0.2, -0.15) is 0 Å². The maximum absolute atomic E-state index is 13.1. The number of hydrogen-bond donors (Lipinski definition) is 3. The maximum Gasteiger partial charge on any atom is 0.330 e. The number of carbonyl (C=O) groups excluding carboxylic acids is 2. The molecule has 0 spiro atoms. The van der Waals surface area contributed by atoms with Gasteiger partial charge in [-0.3, -0.25) is 23.9 Å². The third kappa shape index (κ3) is 5.19. The number of H-pyrrole nitrogens is 1. The Balaban J connectivity index is 1.37. The Morgan fingerprint density at radius 2 is 1.69 bits per heavy atom. The Hall–Kier alpha value is -2.58. The normalized spacial score (nSPS) is 26.6. The molecule has 5 rings (SSSR count). The van der Waals surface area contributed by atoms with Crippen molar-refractivity contribution < 1.29 is 9.59 Å². The molecular formula is C26H41N5O4. The van der Waals surface area contributed by atoms with Crippen molar-refractivity contribution >= 4 is 23.3 Å². The van der Waals surface area contributed by atoms with Crippen LogP contribution in [0.25, 0.3) is 0 Å². The van der Waals surface area contributed by atoms with Crippen molar-refractivity contribution in [1.82, 2.24) is 14.9 Å². The molecular weight excluding hydrogens is 446 g/mol. The number of aromatic nitrogens is 2. The van der Waals surface area contributed by atoms with E-state index in [1.54, 1.807) is 0 Å². The van der Waals surface area contributed by atoms with Gasteiger partial charge < -0.3 is 16.0 Å². The molecule has 1 aromatic heterocycles. The van der Waals surface area contributed by atoms with E-state index in [0.29, 0.717) is 50.2 Å².